The van der Waals surface area contributed by atoms with Crippen LogP contribution in [0.5, 0.6) is 0 Å². The minimum Gasteiger partial charge on any atom is -0.384 e. The molecule has 0 aromatic heterocycles. The van der Waals surface area contributed by atoms with E-state index in [4.69, 9.17) is 0 Å². The van der Waals surface area contributed by atoms with Crippen molar-refractivity contribution in [3.63, 3.8) is 0 Å². The van der Waals surface area contributed by atoms with Crippen molar-refractivity contribution in [1.29, 1.82) is 0 Å². The highest BCUT2D eigenvalue weighted by Gasteiger charge is 2.50. The van der Waals surface area contributed by atoms with Gasteiger partial charge in [-0.2, -0.15) is 4.31 Å². The predicted octanol–water partition coefficient (Wildman–Crippen LogP) is 2.96. The largest absolute Gasteiger partial charge is 0.384 e. The van der Waals surface area contributed by atoms with E-state index in [1.807, 2.05) is 9.21 Å². The molecule has 2 heterocycles. The summed E-state index contributed by atoms with van der Waals surface area (Å²) in [6, 6.07) is 0.235. The molecule has 3 atom stereocenters. The third kappa shape index (κ3) is 4.56. The fourth-order valence-corrected chi connectivity index (χ4v) is 9.79. The first kappa shape index (κ1) is 24.2. The molecule has 196 valence electrons. The average Bonchev–Trinajstić information content (AvgIpc) is 3.81. The van der Waals surface area contributed by atoms with Gasteiger partial charge in [-0.15, -0.1) is 0 Å². The van der Waals surface area contributed by atoms with Crippen molar-refractivity contribution < 1.29 is 18.3 Å². The van der Waals surface area contributed by atoms with E-state index in [1.54, 1.807) is 0 Å². The summed E-state index contributed by atoms with van der Waals surface area (Å²) in [6.07, 6.45) is 12.0. The smallest absolute Gasteiger partial charge is 0.225 e. The molecule has 0 aromatic carbocycles. The Morgan fingerprint density at radius 3 is 2.00 bits per heavy atom. The lowest BCUT2D eigenvalue weighted by Crippen LogP contribution is -2.51. The van der Waals surface area contributed by atoms with E-state index in [2.05, 4.69) is 11.5 Å². The fraction of sp³-hybridized carbons (Fsp3) is 0.889. The van der Waals surface area contributed by atoms with Gasteiger partial charge >= 0.3 is 0 Å². The molecule has 35 heavy (non-hydrogen) atoms. The van der Waals surface area contributed by atoms with Gasteiger partial charge in [0.1, 0.15) is 5.60 Å². The molecule has 2 saturated heterocycles. The minimum absolute atomic E-state index is 0.0959. The van der Waals surface area contributed by atoms with Crippen molar-refractivity contribution >= 4 is 15.9 Å². The van der Waals surface area contributed by atoms with Crippen LogP contribution in [0, 0.1) is 23.7 Å². The number of rotatable bonds is 6. The van der Waals surface area contributed by atoms with Crippen LogP contribution in [0.15, 0.2) is 12.3 Å². The summed E-state index contributed by atoms with van der Waals surface area (Å²) < 4.78 is 27.9. The van der Waals surface area contributed by atoms with Crippen LogP contribution in [0.25, 0.3) is 0 Å². The van der Waals surface area contributed by atoms with Gasteiger partial charge in [0, 0.05) is 50.4 Å². The van der Waals surface area contributed by atoms with Crippen LogP contribution in [-0.2, 0) is 14.8 Å². The van der Waals surface area contributed by atoms with Gasteiger partial charge in [0.05, 0.1) is 5.25 Å². The van der Waals surface area contributed by atoms with Crippen LogP contribution < -0.4 is 0 Å². The molecule has 0 aromatic rings. The maximum absolute atomic E-state index is 13.3. The number of hydrogen-bond donors (Lipinski definition) is 1. The van der Waals surface area contributed by atoms with Crippen LogP contribution in [-0.4, -0.2) is 83.2 Å². The molecule has 0 spiro atoms. The first-order valence-electron chi connectivity index (χ1n) is 14.2. The zero-order valence-electron chi connectivity index (χ0n) is 21.1. The number of piperazine rings is 1. The quantitative estimate of drug-likeness (QED) is 0.600. The summed E-state index contributed by atoms with van der Waals surface area (Å²) in [6.45, 7) is 7.84. The number of nitrogens with zero attached hydrogens (tertiary/aromatic N) is 3. The molecule has 0 radical (unpaired) electrons. The Morgan fingerprint density at radius 1 is 0.771 bits per heavy atom. The lowest BCUT2D eigenvalue weighted by atomic mass is 9.68. The SMILES string of the molecule is C=C(N1CCN(C(=O)C2CCC(C3CCC4CCN(S(=O)(=O)C5CC5)C4C3)CC2)CC1)C1(O)CC1. The lowest BCUT2D eigenvalue weighted by molar-refractivity contribution is -0.138. The highest BCUT2D eigenvalue weighted by atomic mass is 32.2. The zero-order valence-corrected chi connectivity index (χ0v) is 21.9. The molecule has 0 bridgehead atoms. The van der Waals surface area contributed by atoms with E-state index >= 15 is 0 Å². The van der Waals surface area contributed by atoms with Crippen LogP contribution in [0.1, 0.15) is 77.0 Å². The van der Waals surface area contributed by atoms with Gasteiger partial charge in [-0.3, -0.25) is 4.79 Å². The molecule has 1 amide bonds. The van der Waals surface area contributed by atoms with Crippen LogP contribution in [0.3, 0.4) is 0 Å². The van der Waals surface area contributed by atoms with Crippen molar-refractivity contribution in [2.24, 2.45) is 23.7 Å². The van der Waals surface area contributed by atoms with Crippen LogP contribution >= 0.6 is 0 Å². The Kier molecular flexibility index (Phi) is 6.24. The van der Waals surface area contributed by atoms with Crippen LogP contribution in [0.4, 0.5) is 0 Å². The van der Waals surface area contributed by atoms with E-state index in [1.165, 1.54) is 12.8 Å². The van der Waals surface area contributed by atoms with Crippen LogP contribution in [0.2, 0.25) is 0 Å². The van der Waals surface area contributed by atoms with Crippen molar-refractivity contribution in [2.45, 2.75) is 93.9 Å². The Balaban J connectivity index is 0.990. The molecule has 8 heteroatoms. The number of hydrogen-bond acceptors (Lipinski definition) is 5. The summed E-state index contributed by atoms with van der Waals surface area (Å²) in [4.78, 5) is 17.5. The fourth-order valence-electron chi connectivity index (χ4n) is 7.68. The van der Waals surface area contributed by atoms with Crippen molar-refractivity contribution in [2.75, 3.05) is 32.7 Å². The van der Waals surface area contributed by atoms with Crippen molar-refractivity contribution in [3.8, 4) is 0 Å². The number of carbonyl (C=O) groups excluding carboxylic acids is 1. The molecule has 6 aliphatic rings. The number of aliphatic hydroxyl groups is 1. The maximum atomic E-state index is 13.3. The predicted molar refractivity (Wildman–Crippen MR) is 135 cm³/mol. The molecule has 4 saturated carbocycles. The molecule has 1 N–H and O–H groups in total. The van der Waals surface area contributed by atoms with Gasteiger partial charge in [0.25, 0.3) is 0 Å². The van der Waals surface area contributed by atoms with E-state index in [0.29, 0.717) is 23.7 Å². The van der Waals surface area contributed by atoms with Gasteiger partial charge in [-0.1, -0.05) is 6.58 Å². The van der Waals surface area contributed by atoms with Crippen molar-refractivity contribution in [1.82, 2.24) is 14.1 Å². The number of amides is 1. The van der Waals surface area contributed by atoms with Gasteiger partial charge in [0.15, 0.2) is 0 Å². The highest BCUT2D eigenvalue weighted by molar-refractivity contribution is 7.90. The van der Waals surface area contributed by atoms with E-state index in [0.717, 1.165) is 103 Å². The number of fused-ring (bicyclic) bond motifs is 1. The molecule has 3 unspecified atom stereocenters. The second-order valence-electron chi connectivity index (χ2n) is 12.4. The molecule has 7 nitrogen and oxygen atoms in total. The van der Waals surface area contributed by atoms with Gasteiger partial charge in [0.2, 0.25) is 15.9 Å². The molecule has 4 aliphatic carbocycles. The Bertz CT molecular complexity index is 943. The van der Waals surface area contributed by atoms with E-state index in [-0.39, 0.29) is 17.2 Å². The number of sulfonamides is 1. The Labute approximate surface area is 210 Å². The first-order chi connectivity index (χ1) is 16.8. The summed E-state index contributed by atoms with van der Waals surface area (Å²) >= 11 is 0. The number of carbonyl (C=O) groups is 1. The molecule has 6 fully saturated rings. The van der Waals surface area contributed by atoms with Gasteiger partial charge in [-0.05, 0) is 94.8 Å². The first-order valence-corrected chi connectivity index (χ1v) is 15.7. The minimum atomic E-state index is -3.08. The van der Waals surface area contributed by atoms with E-state index in [9.17, 15) is 18.3 Å². The lowest BCUT2D eigenvalue weighted by Gasteiger charge is -2.42. The summed E-state index contributed by atoms with van der Waals surface area (Å²) in [5.74, 6) is 2.28. The standard InChI is InChI=1S/C27H43N3O4S/c1-19(27(32)11-12-27)28-14-16-29(17-15-28)26(31)22-5-2-20(3-6-22)23-7-4-21-10-13-30(25(21)18-23)35(33,34)24-8-9-24/h20-25,32H,1-18H2. The third-order valence-corrected chi connectivity index (χ3v) is 12.8. The Morgan fingerprint density at radius 2 is 1.37 bits per heavy atom. The summed E-state index contributed by atoms with van der Waals surface area (Å²) in [5.41, 5.74) is 0.159. The highest BCUT2D eigenvalue weighted by Crippen LogP contribution is 2.48. The third-order valence-electron chi connectivity index (χ3n) is 10.4. The maximum Gasteiger partial charge on any atom is 0.225 e. The molecule has 6 rings (SSSR count). The van der Waals surface area contributed by atoms with Crippen molar-refractivity contribution in [3.05, 3.63) is 12.3 Å². The zero-order chi connectivity index (χ0) is 24.4. The second kappa shape index (κ2) is 9.02. The molecule has 2 aliphatic heterocycles. The molecular weight excluding hydrogens is 462 g/mol. The average molecular weight is 506 g/mol. The molecular formula is C27H43N3O4S. The van der Waals surface area contributed by atoms with E-state index < -0.39 is 15.6 Å². The normalized spacial score (nSPS) is 37.7. The Hall–Kier alpha value is -1.12. The second-order valence-corrected chi connectivity index (χ2v) is 14.6. The summed E-state index contributed by atoms with van der Waals surface area (Å²) in [5, 5.41) is 10.2. The summed E-state index contributed by atoms with van der Waals surface area (Å²) in [7, 11) is -3.08. The monoisotopic (exact) mass is 505 g/mol. The van der Waals surface area contributed by atoms with Gasteiger partial charge in [-0.25, -0.2) is 8.42 Å². The topological polar surface area (TPSA) is 81.2 Å². The van der Waals surface area contributed by atoms with Gasteiger partial charge < -0.3 is 14.9 Å².